The molecular weight excluding hydrogens is 382 g/mol. The minimum Gasteiger partial charge on any atom is -0.468 e. The van der Waals surface area contributed by atoms with Crippen molar-refractivity contribution < 1.29 is 27.5 Å². The van der Waals surface area contributed by atoms with Crippen LogP contribution < -0.4 is 0 Å². The summed E-state index contributed by atoms with van der Waals surface area (Å²) in [6, 6.07) is 17.1. The third kappa shape index (κ3) is 2.23. The van der Waals surface area contributed by atoms with E-state index in [2.05, 4.69) is 0 Å². The van der Waals surface area contributed by atoms with E-state index in [1.54, 1.807) is 42.5 Å². The van der Waals surface area contributed by atoms with Gasteiger partial charge in [0.1, 0.15) is 0 Å². The Morgan fingerprint density at radius 1 is 0.929 bits per heavy atom. The molecule has 0 amide bonds. The lowest BCUT2D eigenvalue weighted by Gasteiger charge is -2.17. The van der Waals surface area contributed by atoms with Gasteiger partial charge in [-0.1, -0.05) is 48.5 Å². The van der Waals surface area contributed by atoms with Crippen LogP contribution in [0.25, 0.3) is 0 Å². The Balaban J connectivity index is 2.38. The van der Waals surface area contributed by atoms with Gasteiger partial charge < -0.3 is 9.47 Å². The molecule has 0 saturated heterocycles. The summed E-state index contributed by atoms with van der Waals surface area (Å²) in [6.07, 6.45) is 0. The largest absolute Gasteiger partial charge is 0.468 e. The first-order valence-corrected chi connectivity index (χ1v) is 9.77. The second kappa shape index (κ2) is 6.77. The van der Waals surface area contributed by atoms with Gasteiger partial charge in [0.2, 0.25) is 5.41 Å². The fourth-order valence-corrected chi connectivity index (χ4v) is 6.17. The van der Waals surface area contributed by atoms with Gasteiger partial charge in [0, 0.05) is 5.92 Å². The van der Waals surface area contributed by atoms with Crippen LogP contribution in [0.4, 0.5) is 0 Å². The summed E-state index contributed by atoms with van der Waals surface area (Å²) in [6.45, 7) is 0. The fourth-order valence-electron chi connectivity index (χ4n) is 3.89. The van der Waals surface area contributed by atoms with Crippen LogP contribution in [0.1, 0.15) is 11.5 Å². The van der Waals surface area contributed by atoms with Gasteiger partial charge in [-0.05, 0) is 17.7 Å². The molecule has 3 rings (SSSR count). The molecule has 0 heterocycles. The van der Waals surface area contributed by atoms with Gasteiger partial charge in [-0.2, -0.15) is 5.26 Å². The molecule has 1 fully saturated rings. The van der Waals surface area contributed by atoms with Gasteiger partial charge in [0.05, 0.1) is 25.2 Å². The minimum absolute atomic E-state index is 0.174. The molecule has 0 aliphatic heterocycles. The van der Waals surface area contributed by atoms with Crippen LogP contribution >= 0.6 is 0 Å². The standard InChI is InChI=1S/C20H17NO6S/c1-26-17(22)20(18(23)27-2)16(14-9-5-3-6-10-14)19(20,13-21)28(24,25)15-11-7-4-8-12-15/h3-12,16H,1-2H3/t16-,19-/m0/s1. The number of ether oxygens (including phenoxy) is 2. The van der Waals surface area contributed by atoms with Crippen molar-refractivity contribution in [3.63, 3.8) is 0 Å². The topological polar surface area (TPSA) is 111 Å². The number of carbonyl (C=O) groups excluding carboxylic acids is 2. The van der Waals surface area contributed by atoms with Crippen molar-refractivity contribution in [3.8, 4) is 6.07 Å². The third-order valence-corrected chi connectivity index (χ3v) is 7.52. The van der Waals surface area contributed by atoms with Crippen LogP contribution in [-0.4, -0.2) is 39.3 Å². The highest BCUT2D eigenvalue weighted by molar-refractivity contribution is 7.93. The Hall–Kier alpha value is -3.18. The number of hydrogen-bond acceptors (Lipinski definition) is 7. The Morgan fingerprint density at radius 2 is 1.39 bits per heavy atom. The maximum Gasteiger partial charge on any atom is 0.326 e. The molecule has 1 aliphatic rings. The van der Waals surface area contributed by atoms with Gasteiger partial charge in [-0.25, -0.2) is 8.42 Å². The summed E-state index contributed by atoms with van der Waals surface area (Å²) in [5.41, 5.74) is -1.99. The normalized spacial score (nSPS) is 22.5. The first-order chi connectivity index (χ1) is 13.4. The van der Waals surface area contributed by atoms with E-state index < -0.39 is 37.9 Å². The summed E-state index contributed by atoms with van der Waals surface area (Å²) >= 11 is 0. The van der Waals surface area contributed by atoms with Crippen molar-refractivity contribution in [2.24, 2.45) is 5.41 Å². The second-order valence-corrected chi connectivity index (χ2v) is 8.42. The van der Waals surface area contributed by atoms with E-state index in [4.69, 9.17) is 9.47 Å². The van der Waals surface area contributed by atoms with E-state index in [9.17, 15) is 23.3 Å². The maximum absolute atomic E-state index is 13.5. The Labute approximate surface area is 162 Å². The molecule has 0 radical (unpaired) electrons. The van der Waals surface area contributed by atoms with Crippen molar-refractivity contribution in [2.75, 3.05) is 14.2 Å². The molecule has 0 N–H and O–H groups in total. The minimum atomic E-state index is -4.46. The molecule has 8 heteroatoms. The smallest absolute Gasteiger partial charge is 0.326 e. The first-order valence-electron chi connectivity index (χ1n) is 8.29. The second-order valence-electron chi connectivity index (χ2n) is 6.30. The Kier molecular flexibility index (Phi) is 4.73. The quantitative estimate of drug-likeness (QED) is 0.557. The first kappa shape index (κ1) is 19.6. The van der Waals surface area contributed by atoms with E-state index in [0.29, 0.717) is 5.56 Å². The van der Waals surface area contributed by atoms with Gasteiger partial charge in [0.15, 0.2) is 14.6 Å². The van der Waals surface area contributed by atoms with Crippen LogP contribution in [0, 0.1) is 16.7 Å². The van der Waals surface area contributed by atoms with Gasteiger partial charge in [0.25, 0.3) is 0 Å². The molecule has 2 aromatic rings. The summed E-state index contributed by atoms with van der Waals surface area (Å²) in [5.74, 6) is -3.54. The number of nitriles is 1. The Bertz CT molecular complexity index is 1040. The highest BCUT2D eigenvalue weighted by Crippen LogP contribution is 2.73. The van der Waals surface area contributed by atoms with Crippen molar-refractivity contribution in [1.29, 1.82) is 5.26 Å². The number of methoxy groups -OCH3 is 2. The molecule has 2 atom stereocenters. The molecular formula is C20H17NO6S. The average Bonchev–Trinajstić information content (AvgIpc) is 3.40. The zero-order valence-electron chi connectivity index (χ0n) is 15.2. The third-order valence-electron chi connectivity index (χ3n) is 5.13. The summed E-state index contributed by atoms with van der Waals surface area (Å²) in [5, 5.41) is 10.1. The number of nitrogens with zero attached hydrogens (tertiary/aromatic N) is 1. The zero-order valence-corrected chi connectivity index (χ0v) is 16.0. The van der Waals surface area contributed by atoms with Gasteiger partial charge in [-0.3, -0.25) is 9.59 Å². The van der Waals surface area contributed by atoms with Crippen LogP contribution in [0.2, 0.25) is 0 Å². The van der Waals surface area contributed by atoms with Crippen molar-refractivity contribution in [3.05, 3.63) is 66.2 Å². The molecule has 144 valence electrons. The van der Waals surface area contributed by atoms with Crippen molar-refractivity contribution >= 4 is 21.8 Å². The highest BCUT2D eigenvalue weighted by Gasteiger charge is 2.93. The van der Waals surface area contributed by atoms with Gasteiger partial charge in [-0.15, -0.1) is 0 Å². The van der Waals surface area contributed by atoms with Crippen molar-refractivity contribution in [2.45, 2.75) is 15.6 Å². The predicted octanol–water partition coefficient (Wildman–Crippen LogP) is 1.85. The lowest BCUT2D eigenvalue weighted by molar-refractivity contribution is -0.161. The lowest BCUT2D eigenvalue weighted by Crippen LogP contribution is -2.40. The SMILES string of the molecule is COC(=O)C1(C(=O)OC)[C@@H](c2ccccc2)[C@]1(C#N)S(=O)(=O)c1ccccc1. The summed E-state index contributed by atoms with van der Waals surface area (Å²) < 4.78 is 34.3. The van der Waals surface area contributed by atoms with Crippen LogP contribution in [0.5, 0.6) is 0 Å². The van der Waals surface area contributed by atoms with Gasteiger partial charge >= 0.3 is 11.9 Å². The number of esters is 2. The number of rotatable bonds is 5. The number of carbonyl (C=O) groups is 2. The van der Waals surface area contributed by atoms with E-state index in [-0.39, 0.29) is 4.90 Å². The average molecular weight is 399 g/mol. The fraction of sp³-hybridized carbons (Fsp3) is 0.250. The summed E-state index contributed by atoms with van der Waals surface area (Å²) in [4.78, 5) is 25.4. The molecule has 0 unspecified atom stereocenters. The molecule has 0 bridgehead atoms. The molecule has 1 saturated carbocycles. The molecule has 28 heavy (non-hydrogen) atoms. The van der Waals surface area contributed by atoms with Crippen LogP contribution in [-0.2, 0) is 28.9 Å². The maximum atomic E-state index is 13.5. The lowest BCUT2D eigenvalue weighted by atomic mass is 9.99. The number of hydrogen-bond donors (Lipinski definition) is 0. The number of benzene rings is 2. The molecule has 0 aromatic heterocycles. The highest BCUT2D eigenvalue weighted by atomic mass is 32.2. The summed E-state index contributed by atoms with van der Waals surface area (Å²) in [7, 11) is -2.39. The van der Waals surface area contributed by atoms with Crippen LogP contribution in [0.15, 0.2) is 65.6 Å². The zero-order chi connectivity index (χ0) is 20.6. The number of sulfone groups is 1. The van der Waals surface area contributed by atoms with E-state index in [1.165, 1.54) is 24.3 Å². The predicted molar refractivity (Wildman–Crippen MR) is 97.6 cm³/mol. The molecule has 7 nitrogen and oxygen atoms in total. The monoisotopic (exact) mass is 399 g/mol. The van der Waals surface area contributed by atoms with Crippen LogP contribution in [0.3, 0.4) is 0 Å². The molecule has 0 spiro atoms. The Morgan fingerprint density at radius 3 is 1.82 bits per heavy atom. The molecule has 1 aliphatic carbocycles. The van der Waals surface area contributed by atoms with E-state index in [0.717, 1.165) is 14.2 Å². The van der Waals surface area contributed by atoms with Crippen molar-refractivity contribution in [1.82, 2.24) is 0 Å². The van der Waals surface area contributed by atoms with E-state index >= 15 is 0 Å². The molecule has 2 aromatic carbocycles. The van der Waals surface area contributed by atoms with E-state index in [1.807, 2.05) is 0 Å².